The summed E-state index contributed by atoms with van der Waals surface area (Å²) in [7, 11) is 1.42. The summed E-state index contributed by atoms with van der Waals surface area (Å²) in [6.45, 7) is 4.79. The Morgan fingerprint density at radius 2 is 1.65 bits per heavy atom. The van der Waals surface area contributed by atoms with Gasteiger partial charge in [-0.2, -0.15) is 13.2 Å². The number of carbonyl (C=O) groups excluding carboxylic acids is 5. The van der Waals surface area contributed by atoms with E-state index in [0.717, 1.165) is 0 Å². The zero-order valence-electron chi connectivity index (χ0n) is 20.4. The fourth-order valence-corrected chi connectivity index (χ4v) is 2.72. The van der Waals surface area contributed by atoms with Crippen LogP contribution in [0.1, 0.15) is 30.1 Å². The van der Waals surface area contributed by atoms with Crippen molar-refractivity contribution < 1.29 is 56.1 Å². The van der Waals surface area contributed by atoms with Crippen molar-refractivity contribution >= 4 is 29.4 Å². The van der Waals surface area contributed by atoms with Gasteiger partial charge in [0.25, 0.3) is 0 Å². The first kappa shape index (κ1) is 31.4. The lowest BCUT2D eigenvalue weighted by molar-refractivity contribution is -0.176. The van der Waals surface area contributed by atoms with Crippen molar-refractivity contribution in [2.24, 2.45) is 5.92 Å². The van der Waals surface area contributed by atoms with Gasteiger partial charge in [-0.3, -0.25) is 14.4 Å². The Morgan fingerprint density at radius 3 is 2.22 bits per heavy atom. The van der Waals surface area contributed by atoms with Crippen LogP contribution in [0.3, 0.4) is 0 Å². The van der Waals surface area contributed by atoms with Gasteiger partial charge in [0.2, 0.25) is 5.78 Å². The highest BCUT2D eigenvalue weighted by molar-refractivity contribution is 6.09. The van der Waals surface area contributed by atoms with E-state index in [0.29, 0.717) is 0 Å². The molecule has 10 nitrogen and oxygen atoms in total. The Kier molecular flexibility index (Phi) is 13.2. The van der Waals surface area contributed by atoms with Crippen molar-refractivity contribution in [3.05, 3.63) is 42.0 Å². The Bertz CT molecular complexity index is 975. The minimum Gasteiger partial charge on any atom is -0.460 e. The van der Waals surface area contributed by atoms with Crippen molar-refractivity contribution in [3.8, 4) is 5.75 Å². The molecule has 0 heterocycles. The van der Waals surface area contributed by atoms with Gasteiger partial charge in [0.15, 0.2) is 5.78 Å². The van der Waals surface area contributed by atoms with Gasteiger partial charge in [0, 0.05) is 31.1 Å². The lowest BCUT2D eigenvalue weighted by atomic mass is 9.89. The molecule has 1 amide bonds. The molecule has 13 heteroatoms. The number of Topliss-reactive ketones (excluding diaryl/α,β-unsaturated/α-hetero) is 3. The number of methoxy groups -OCH3 is 1. The Labute approximate surface area is 211 Å². The lowest BCUT2D eigenvalue weighted by Gasteiger charge is -2.16. The first-order valence-electron chi connectivity index (χ1n) is 11.0. The average Bonchev–Trinajstić information content (AvgIpc) is 2.84. The number of ketones is 3. The minimum absolute atomic E-state index is 0.000169. The molecular formula is C24H28F3NO9. The number of benzene rings is 1. The van der Waals surface area contributed by atoms with Crippen LogP contribution in [0.4, 0.5) is 18.0 Å². The van der Waals surface area contributed by atoms with E-state index in [2.05, 4.69) is 11.9 Å². The lowest BCUT2D eigenvalue weighted by Crippen LogP contribution is -2.37. The molecule has 0 bridgehead atoms. The van der Waals surface area contributed by atoms with Crippen molar-refractivity contribution in [3.63, 3.8) is 0 Å². The van der Waals surface area contributed by atoms with Gasteiger partial charge in [-0.25, -0.2) is 9.59 Å². The fourth-order valence-electron chi connectivity index (χ4n) is 2.72. The molecule has 0 spiro atoms. The third kappa shape index (κ3) is 11.8. The summed E-state index contributed by atoms with van der Waals surface area (Å²) in [6, 6.07) is 4.76. The second-order valence-electron chi connectivity index (χ2n) is 7.62. The van der Waals surface area contributed by atoms with Crippen LogP contribution in [0.5, 0.6) is 5.75 Å². The highest BCUT2D eigenvalue weighted by Crippen LogP contribution is 2.26. The number of esters is 1. The van der Waals surface area contributed by atoms with E-state index >= 15 is 0 Å². The zero-order valence-corrected chi connectivity index (χ0v) is 20.4. The molecule has 0 saturated carbocycles. The molecule has 0 fully saturated rings. The van der Waals surface area contributed by atoms with Gasteiger partial charge in [0.05, 0.1) is 32.3 Å². The Hall–Kier alpha value is -3.58. The SMILES string of the molecule is C=C(C)C(=O)OCCNC(=O)Oc1ccc(C(=O)CC(C(=O)CCOCCOC)C(=O)C(F)(F)F)cc1. The predicted octanol–water partition coefficient (Wildman–Crippen LogP) is 2.84. The Balaban J connectivity index is 2.70. The average molecular weight is 531 g/mol. The second kappa shape index (κ2) is 15.5. The van der Waals surface area contributed by atoms with Crippen LogP contribution >= 0.6 is 0 Å². The maximum absolute atomic E-state index is 13.0. The molecule has 0 aliphatic carbocycles. The van der Waals surface area contributed by atoms with Gasteiger partial charge in [-0.1, -0.05) is 6.58 Å². The molecule has 0 aliphatic rings. The van der Waals surface area contributed by atoms with Crippen LogP contribution in [0.25, 0.3) is 0 Å². The number of halogens is 3. The molecule has 1 aromatic rings. The first-order chi connectivity index (χ1) is 17.4. The summed E-state index contributed by atoms with van der Waals surface area (Å²) in [5.41, 5.74) is 0.103. The molecule has 0 radical (unpaired) electrons. The topological polar surface area (TPSA) is 134 Å². The number of nitrogens with one attached hydrogen (secondary N) is 1. The maximum atomic E-state index is 13.0. The molecule has 0 aromatic heterocycles. The van der Waals surface area contributed by atoms with Crippen LogP contribution in [-0.4, -0.2) is 75.7 Å². The summed E-state index contributed by atoms with van der Waals surface area (Å²) in [5.74, 6) is -7.09. The molecule has 1 unspecified atom stereocenters. The van der Waals surface area contributed by atoms with Gasteiger partial charge in [-0.15, -0.1) is 0 Å². The van der Waals surface area contributed by atoms with Crippen LogP contribution in [0, 0.1) is 5.92 Å². The fraction of sp³-hybridized carbons (Fsp3) is 0.458. The normalized spacial score (nSPS) is 11.8. The van der Waals surface area contributed by atoms with E-state index in [4.69, 9.17) is 18.9 Å². The molecular weight excluding hydrogens is 503 g/mol. The number of alkyl halides is 3. The molecule has 1 rings (SSSR count). The summed E-state index contributed by atoms with van der Waals surface area (Å²) in [6.07, 6.45) is -7.67. The minimum atomic E-state index is -5.30. The molecule has 37 heavy (non-hydrogen) atoms. The molecule has 0 aliphatic heterocycles. The second-order valence-corrected chi connectivity index (χ2v) is 7.62. The quantitative estimate of drug-likeness (QED) is 0.112. The van der Waals surface area contributed by atoms with Crippen molar-refractivity contribution in [2.45, 2.75) is 25.9 Å². The molecule has 0 saturated heterocycles. The first-order valence-corrected chi connectivity index (χ1v) is 11.0. The van der Waals surface area contributed by atoms with Crippen molar-refractivity contribution in [1.82, 2.24) is 5.32 Å². The highest BCUT2D eigenvalue weighted by Gasteiger charge is 2.46. The smallest absolute Gasteiger partial charge is 0.450 e. The van der Waals surface area contributed by atoms with Crippen LogP contribution in [-0.2, 0) is 28.6 Å². The monoisotopic (exact) mass is 531 g/mol. The van der Waals surface area contributed by atoms with Crippen LogP contribution in [0.15, 0.2) is 36.4 Å². The van der Waals surface area contributed by atoms with Gasteiger partial charge < -0.3 is 24.3 Å². The van der Waals surface area contributed by atoms with Gasteiger partial charge >= 0.3 is 18.2 Å². The maximum Gasteiger partial charge on any atom is 0.450 e. The summed E-state index contributed by atoms with van der Waals surface area (Å²) in [5, 5.41) is 2.32. The Morgan fingerprint density at radius 1 is 1.00 bits per heavy atom. The van der Waals surface area contributed by atoms with Crippen molar-refractivity contribution in [2.75, 3.05) is 40.1 Å². The van der Waals surface area contributed by atoms with E-state index in [9.17, 15) is 37.1 Å². The largest absolute Gasteiger partial charge is 0.460 e. The molecule has 204 valence electrons. The highest BCUT2D eigenvalue weighted by atomic mass is 19.4. The molecule has 1 aromatic carbocycles. The predicted molar refractivity (Wildman–Crippen MR) is 122 cm³/mol. The summed E-state index contributed by atoms with van der Waals surface area (Å²) < 4.78 is 58.6. The number of hydrogen-bond acceptors (Lipinski definition) is 9. The van der Waals surface area contributed by atoms with E-state index in [1.807, 2.05) is 0 Å². The van der Waals surface area contributed by atoms with E-state index in [1.165, 1.54) is 38.3 Å². The molecule has 1 N–H and O–H groups in total. The van der Waals surface area contributed by atoms with Gasteiger partial charge in [-0.05, 0) is 31.2 Å². The third-order valence-corrected chi connectivity index (χ3v) is 4.64. The van der Waals surface area contributed by atoms with Gasteiger partial charge in [0.1, 0.15) is 18.1 Å². The van der Waals surface area contributed by atoms with E-state index < -0.39 is 54.3 Å². The number of hydrogen-bond donors (Lipinski definition) is 1. The number of rotatable bonds is 16. The number of carbonyl (C=O) groups is 5. The van der Waals surface area contributed by atoms with Crippen LogP contribution < -0.4 is 10.1 Å². The number of ether oxygens (including phenoxy) is 4. The number of amides is 1. The summed E-state index contributed by atoms with van der Waals surface area (Å²) >= 11 is 0. The van der Waals surface area contributed by atoms with E-state index in [1.54, 1.807) is 0 Å². The van der Waals surface area contributed by atoms with E-state index in [-0.39, 0.29) is 49.9 Å². The van der Waals surface area contributed by atoms with Crippen LogP contribution in [0.2, 0.25) is 0 Å². The molecule has 1 atom stereocenters. The summed E-state index contributed by atoms with van der Waals surface area (Å²) in [4.78, 5) is 59.7. The zero-order chi connectivity index (χ0) is 28.0. The van der Waals surface area contributed by atoms with Crippen molar-refractivity contribution in [1.29, 1.82) is 0 Å². The third-order valence-electron chi connectivity index (χ3n) is 4.64. The standard InChI is InChI=1S/C24H28F3NO9/c1-15(2)22(32)36-11-9-28-23(33)37-17-6-4-16(5-7-17)20(30)14-18(21(31)24(25,26)27)19(29)8-10-35-13-12-34-3/h4-7,18H,1,8-14H2,2-3H3,(H,28,33).